The Hall–Kier alpha value is -2.07. The van der Waals surface area contributed by atoms with Gasteiger partial charge in [-0.2, -0.15) is 0 Å². The first-order valence-corrected chi connectivity index (χ1v) is 7.13. The highest BCUT2D eigenvalue weighted by Crippen LogP contribution is 2.50. The number of methoxy groups -OCH3 is 1. The topological polar surface area (TPSA) is 51.2 Å². The van der Waals surface area contributed by atoms with Crippen LogP contribution in [0.5, 0.6) is 5.88 Å². The van der Waals surface area contributed by atoms with Gasteiger partial charge in [-0.05, 0) is 36.1 Å². The van der Waals surface area contributed by atoms with E-state index in [0.29, 0.717) is 11.6 Å². The Bertz CT molecular complexity index is 675. The highest BCUT2D eigenvalue weighted by molar-refractivity contribution is 6.31. The van der Waals surface area contributed by atoms with Crippen molar-refractivity contribution in [3.8, 4) is 5.88 Å². The summed E-state index contributed by atoms with van der Waals surface area (Å²) in [5.41, 5.74) is 1.63. The van der Waals surface area contributed by atoms with Gasteiger partial charge in [-0.15, -0.1) is 0 Å². The Kier molecular flexibility index (Phi) is 3.80. The van der Waals surface area contributed by atoms with E-state index in [-0.39, 0.29) is 17.7 Å². The Labute approximate surface area is 128 Å². The van der Waals surface area contributed by atoms with Crippen molar-refractivity contribution in [2.45, 2.75) is 12.3 Å². The van der Waals surface area contributed by atoms with Crippen LogP contribution in [0.4, 0.5) is 5.69 Å². The van der Waals surface area contributed by atoms with E-state index < -0.39 is 0 Å². The summed E-state index contributed by atoms with van der Waals surface area (Å²) >= 11 is 6.18. The average molecular weight is 303 g/mol. The van der Waals surface area contributed by atoms with Crippen molar-refractivity contribution in [3.63, 3.8) is 0 Å². The quantitative estimate of drug-likeness (QED) is 0.940. The van der Waals surface area contributed by atoms with E-state index in [1.807, 2.05) is 24.3 Å². The summed E-state index contributed by atoms with van der Waals surface area (Å²) in [6, 6.07) is 11.2. The minimum Gasteiger partial charge on any atom is -0.480 e. The zero-order valence-electron chi connectivity index (χ0n) is 11.5. The number of benzene rings is 1. The van der Waals surface area contributed by atoms with Crippen molar-refractivity contribution >= 4 is 23.2 Å². The number of amides is 1. The lowest BCUT2D eigenvalue weighted by atomic mass is 10.1. The summed E-state index contributed by atoms with van der Waals surface area (Å²) in [6.07, 6.45) is 2.44. The minimum atomic E-state index is -0.0465. The first-order chi connectivity index (χ1) is 10.2. The molecule has 108 valence electrons. The molecule has 1 N–H and O–H groups in total. The van der Waals surface area contributed by atoms with Crippen LogP contribution in [-0.4, -0.2) is 18.0 Å². The molecule has 21 heavy (non-hydrogen) atoms. The van der Waals surface area contributed by atoms with E-state index in [2.05, 4.69) is 10.3 Å². The lowest BCUT2D eigenvalue weighted by molar-refractivity contribution is -0.117. The summed E-state index contributed by atoms with van der Waals surface area (Å²) in [5, 5.41) is 3.59. The molecule has 2 atom stereocenters. The highest BCUT2D eigenvalue weighted by Gasteiger charge is 2.44. The van der Waals surface area contributed by atoms with E-state index >= 15 is 0 Å². The van der Waals surface area contributed by atoms with Gasteiger partial charge >= 0.3 is 0 Å². The lowest BCUT2D eigenvalue weighted by Gasteiger charge is -2.08. The number of anilines is 1. The molecule has 1 amide bonds. The third-order valence-electron chi connectivity index (χ3n) is 3.65. The molecule has 3 rings (SSSR count). The molecule has 0 saturated heterocycles. The molecular formula is C16H15ClN2O2. The predicted molar refractivity (Wildman–Crippen MR) is 81.7 cm³/mol. The molecule has 0 bridgehead atoms. The van der Waals surface area contributed by atoms with Crippen molar-refractivity contribution in [2.24, 2.45) is 5.92 Å². The van der Waals surface area contributed by atoms with Crippen LogP contribution in [0.3, 0.4) is 0 Å². The average Bonchev–Trinajstić information content (AvgIpc) is 3.29. The third-order valence-corrected chi connectivity index (χ3v) is 4.00. The Morgan fingerprint density at radius 2 is 2.14 bits per heavy atom. The Morgan fingerprint density at radius 1 is 1.33 bits per heavy atom. The molecule has 1 heterocycles. The van der Waals surface area contributed by atoms with E-state index in [0.717, 1.165) is 17.0 Å². The monoisotopic (exact) mass is 302 g/mol. The number of carbonyl (C=O) groups excluding carboxylic acids is 1. The molecule has 1 aliphatic rings. The summed E-state index contributed by atoms with van der Waals surface area (Å²) < 4.78 is 5.13. The van der Waals surface area contributed by atoms with E-state index in [1.54, 1.807) is 18.3 Å². The fraction of sp³-hybridized carbons (Fsp3) is 0.250. The van der Waals surface area contributed by atoms with Crippen LogP contribution in [0.2, 0.25) is 5.02 Å². The second-order valence-electron chi connectivity index (χ2n) is 5.02. The van der Waals surface area contributed by atoms with Crippen molar-refractivity contribution in [1.29, 1.82) is 0 Å². The van der Waals surface area contributed by atoms with Gasteiger partial charge in [-0.1, -0.05) is 29.8 Å². The first kappa shape index (κ1) is 13.9. The molecule has 1 saturated carbocycles. The van der Waals surface area contributed by atoms with Gasteiger partial charge in [0.25, 0.3) is 0 Å². The van der Waals surface area contributed by atoms with Gasteiger partial charge in [0, 0.05) is 17.1 Å². The van der Waals surface area contributed by atoms with Crippen molar-refractivity contribution < 1.29 is 9.53 Å². The number of nitrogens with zero attached hydrogens (tertiary/aromatic N) is 1. The van der Waals surface area contributed by atoms with E-state index in [9.17, 15) is 4.79 Å². The number of nitrogens with one attached hydrogen (secondary N) is 1. The van der Waals surface area contributed by atoms with Crippen LogP contribution >= 0.6 is 11.6 Å². The molecule has 0 spiro atoms. The maximum atomic E-state index is 12.3. The normalized spacial score (nSPS) is 19.9. The number of hydrogen-bond donors (Lipinski definition) is 1. The molecule has 1 aromatic carbocycles. The molecular weight excluding hydrogens is 288 g/mol. The number of ether oxygens (including phenoxy) is 1. The van der Waals surface area contributed by atoms with Crippen LogP contribution in [0.25, 0.3) is 0 Å². The van der Waals surface area contributed by atoms with Crippen molar-refractivity contribution in [3.05, 3.63) is 53.2 Å². The van der Waals surface area contributed by atoms with Gasteiger partial charge in [0.15, 0.2) is 0 Å². The zero-order chi connectivity index (χ0) is 14.8. The highest BCUT2D eigenvalue weighted by atomic mass is 35.5. The fourth-order valence-electron chi connectivity index (χ4n) is 2.48. The number of halogens is 1. The van der Waals surface area contributed by atoms with E-state index in [1.165, 1.54) is 7.11 Å². The number of carbonyl (C=O) groups is 1. The van der Waals surface area contributed by atoms with Gasteiger partial charge < -0.3 is 10.1 Å². The number of rotatable bonds is 4. The second kappa shape index (κ2) is 5.74. The minimum absolute atomic E-state index is 0.0220. The molecule has 5 heteroatoms. The number of hydrogen-bond acceptors (Lipinski definition) is 3. The SMILES string of the molecule is COc1ncccc1NC(=O)[C@H]1C[C@@H]1c1ccccc1Cl. The van der Waals surface area contributed by atoms with Gasteiger partial charge in [-0.25, -0.2) is 4.98 Å². The van der Waals surface area contributed by atoms with Crippen LogP contribution in [-0.2, 0) is 4.79 Å². The largest absolute Gasteiger partial charge is 0.480 e. The molecule has 1 fully saturated rings. The molecule has 0 radical (unpaired) electrons. The molecule has 0 unspecified atom stereocenters. The maximum absolute atomic E-state index is 12.3. The fourth-order valence-corrected chi connectivity index (χ4v) is 2.75. The Morgan fingerprint density at radius 3 is 2.90 bits per heavy atom. The maximum Gasteiger partial charge on any atom is 0.237 e. The van der Waals surface area contributed by atoms with Crippen LogP contribution in [0.1, 0.15) is 17.9 Å². The van der Waals surface area contributed by atoms with E-state index in [4.69, 9.17) is 16.3 Å². The van der Waals surface area contributed by atoms with Crippen molar-refractivity contribution in [2.75, 3.05) is 12.4 Å². The van der Waals surface area contributed by atoms with Gasteiger partial charge in [-0.3, -0.25) is 4.79 Å². The van der Waals surface area contributed by atoms with Crippen LogP contribution in [0, 0.1) is 5.92 Å². The molecule has 2 aromatic rings. The molecule has 1 aliphatic carbocycles. The van der Waals surface area contributed by atoms with Crippen molar-refractivity contribution in [1.82, 2.24) is 4.98 Å². The standard InChI is InChI=1S/C16H15ClN2O2/c1-21-16-14(7-4-8-18-16)19-15(20)12-9-11(12)10-5-2-3-6-13(10)17/h2-8,11-12H,9H2,1H3,(H,19,20)/t11-,12+/m1/s1. The van der Waals surface area contributed by atoms with Crippen LogP contribution < -0.4 is 10.1 Å². The molecule has 0 aliphatic heterocycles. The molecule has 4 nitrogen and oxygen atoms in total. The Balaban J connectivity index is 1.70. The second-order valence-corrected chi connectivity index (χ2v) is 5.43. The van der Waals surface area contributed by atoms with Gasteiger partial charge in [0.2, 0.25) is 11.8 Å². The summed E-state index contributed by atoms with van der Waals surface area (Å²) in [7, 11) is 1.53. The lowest BCUT2D eigenvalue weighted by Crippen LogP contribution is -2.15. The number of aromatic nitrogens is 1. The number of pyridine rings is 1. The zero-order valence-corrected chi connectivity index (χ0v) is 12.3. The smallest absolute Gasteiger partial charge is 0.237 e. The van der Waals surface area contributed by atoms with Gasteiger partial charge in [0.1, 0.15) is 5.69 Å². The van der Waals surface area contributed by atoms with Crippen LogP contribution in [0.15, 0.2) is 42.6 Å². The molecule has 1 aromatic heterocycles. The summed E-state index contributed by atoms with van der Waals surface area (Å²) in [6.45, 7) is 0. The third kappa shape index (κ3) is 2.85. The first-order valence-electron chi connectivity index (χ1n) is 6.75. The predicted octanol–water partition coefficient (Wildman–Crippen LogP) is 3.49. The summed E-state index contributed by atoms with van der Waals surface area (Å²) in [5.74, 6) is 0.545. The summed E-state index contributed by atoms with van der Waals surface area (Å²) in [4.78, 5) is 16.4. The van der Waals surface area contributed by atoms with Gasteiger partial charge in [0.05, 0.1) is 7.11 Å².